The summed E-state index contributed by atoms with van der Waals surface area (Å²) in [5, 5.41) is 2.87. The highest BCUT2D eigenvalue weighted by Crippen LogP contribution is 2.49. The first-order valence-electron chi connectivity index (χ1n) is 11.5. The van der Waals surface area contributed by atoms with Crippen LogP contribution in [0, 0.1) is 0 Å². The van der Waals surface area contributed by atoms with Crippen molar-refractivity contribution in [1.82, 2.24) is 0 Å². The number of amides is 1. The minimum atomic E-state index is -3.66. The van der Waals surface area contributed by atoms with Gasteiger partial charge in [-0.25, -0.2) is 8.42 Å². The van der Waals surface area contributed by atoms with Crippen LogP contribution in [0.2, 0.25) is 0 Å². The molecule has 0 atom stereocenters. The van der Waals surface area contributed by atoms with Gasteiger partial charge in [0.15, 0.2) is 0 Å². The number of rotatable bonds is 9. The van der Waals surface area contributed by atoms with Crippen molar-refractivity contribution in [2.45, 2.75) is 36.5 Å². The average molecular weight is 493 g/mol. The van der Waals surface area contributed by atoms with Crippen molar-refractivity contribution in [3.05, 3.63) is 90.0 Å². The van der Waals surface area contributed by atoms with Gasteiger partial charge in [0.05, 0.1) is 29.0 Å². The molecule has 35 heavy (non-hydrogen) atoms. The van der Waals surface area contributed by atoms with Gasteiger partial charge < -0.3 is 10.1 Å². The zero-order valence-electron chi connectivity index (χ0n) is 19.7. The van der Waals surface area contributed by atoms with Crippen LogP contribution in [0.4, 0.5) is 11.4 Å². The quantitative estimate of drug-likeness (QED) is 0.450. The predicted octanol–water partition coefficient (Wildman–Crippen LogP) is 4.29. The number of ether oxygens (including phenoxy) is 1. The van der Waals surface area contributed by atoms with Gasteiger partial charge in [-0.15, -0.1) is 0 Å². The molecule has 182 valence electrons. The molecule has 4 rings (SSSR count). The van der Waals surface area contributed by atoms with Crippen LogP contribution in [-0.4, -0.2) is 33.9 Å². The predicted molar refractivity (Wildman–Crippen MR) is 135 cm³/mol. The molecule has 0 aromatic heterocycles. The van der Waals surface area contributed by atoms with Crippen LogP contribution in [0.5, 0.6) is 0 Å². The fourth-order valence-corrected chi connectivity index (χ4v) is 5.20. The maximum absolute atomic E-state index is 12.8. The van der Waals surface area contributed by atoms with E-state index < -0.39 is 15.4 Å². The molecule has 3 aromatic carbocycles. The number of esters is 1. The van der Waals surface area contributed by atoms with E-state index in [0.29, 0.717) is 18.0 Å². The van der Waals surface area contributed by atoms with Crippen LogP contribution >= 0.6 is 0 Å². The van der Waals surface area contributed by atoms with Crippen molar-refractivity contribution >= 4 is 33.3 Å². The van der Waals surface area contributed by atoms with Crippen LogP contribution in [-0.2, 0) is 36.2 Å². The van der Waals surface area contributed by atoms with E-state index in [0.717, 1.165) is 24.0 Å². The van der Waals surface area contributed by atoms with Crippen molar-refractivity contribution < 1.29 is 22.7 Å². The maximum Gasteiger partial charge on any atom is 0.316 e. The van der Waals surface area contributed by atoms with Crippen LogP contribution in [0.15, 0.2) is 83.8 Å². The molecule has 1 amide bonds. The topological polar surface area (TPSA) is 92.8 Å². The number of hydrogen-bond donors (Lipinski definition) is 1. The third-order valence-corrected chi connectivity index (χ3v) is 8.00. The highest BCUT2D eigenvalue weighted by atomic mass is 32.2. The Bertz CT molecular complexity index is 1300. The maximum atomic E-state index is 12.8. The molecule has 0 radical (unpaired) electrons. The summed E-state index contributed by atoms with van der Waals surface area (Å²) in [5.41, 5.74) is 2.27. The number of benzene rings is 3. The summed E-state index contributed by atoms with van der Waals surface area (Å²) in [4.78, 5) is 25.0. The number of carbonyl (C=O) groups excluding carboxylic acids is 2. The van der Waals surface area contributed by atoms with Gasteiger partial charge >= 0.3 is 5.97 Å². The van der Waals surface area contributed by atoms with Crippen molar-refractivity contribution in [2.75, 3.05) is 23.3 Å². The molecule has 0 unspecified atom stereocenters. The Kier molecular flexibility index (Phi) is 6.93. The molecular formula is C27H28N2O5S. The van der Waals surface area contributed by atoms with Crippen LogP contribution in [0.25, 0.3) is 0 Å². The Hall–Kier alpha value is -3.65. The van der Waals surface area contributed by atoms with E-state index in [1.54, 1.807) is 73.7 Å². The van der Waals surface area contributed by atoms with Crippen molar-refractivity contribution in [3.8, 4) is 0 Å². The Labute approximate surface area is 205 Å². The van der Waals surface area contributed by atoms with Gasteiger partial charge in [0.25, 0.3) is 10.0 Å². The average Bonchev–Trinajstić information content (AvgIpc) is 3.67. The third-order valence-electron chi connectivity index (χ3n) is 6.20. The van der Waals surface area contributed by atoms with E-state index in [1.165, 1.54) is 11.4 Å². The number of hydrogen-bond acceptors (Lipinski definition) is 5. The van der Waals surface area contributed by atoms with Crippen LogP contribution in [0.3, 0.4) is 0 Å². The number of nitrogens with zero attached hydrogens (tertiary/aromatic N) is 1. The molecule has 0 aliphatic heterocycles. The van der Waals surface area contributed by atoms with E-state index in [9.17, 15) is 18.0 Å². The van der Waals surface area contributed by atoms with Gasteiger partial charge in [0.1, 0.15) is 0 Å². The Balaban J connectivity index is 1.36. The van der Waals surface area contributed by atoms with E-state index in [4.69, 9.17) is 4.74 Å². The Morgan fingerprint density at radius 3 is 2.14 bits per heavy atom. The first-order chi connectivity index (χ1) is 16.8. The Morgan fingerprint density at radius 1 is 0.943 bits per heavy atom. The molecule has 0 bridgehead atoms. The normalized spacial score (nSPS) is 14.1. The summed E-state index contributed by atoms with van der Waals surface area (Å²) in [6, 6.07) is 22.4. The molecule has 7 nitrogen and oxygen atoms in total. The monoisotopic (exact) mass is 492 g/mol. The fourth-order valence-electron chi connectivity index (χ4n) is 3.98. The molecule has 1 fully saturated rings. The molecular weight excluding hydrogens is 464 g/mol. The Morgan fingerprint density at radius 2 is 1.57 bits per heavy atom. The molecule has 1 aliphatic rings. The van der Waals surface area contributed by atoms with Crippen LogP contribution < -0.4 is 9.62 Å². The molecule has 1 saturated carbocycles. The minimum absolute atomic E-state index is 0.143. The van der Waals surface area contributed by atoms with Gasteiger partial charge in [0.2, 0.25) is 5.91 Å². The number of anilines is 2. The first kappa shape index (κ1) is 24.5. The number of nitrogens with one attached hydrogen (secondary N) is 1. The van der Waals surface area contributed by atoms with E-state index in [1.807, 2.05) is 12.1 Å². The van der Waals surface area contributed by atoms with Gasteiger partial charge in [-0.2, -0.15) is 0 Å². The summed E-state index contributed by atoms with van der Waals surface area (Å²) in [7, 11) is -2.16. The lowest BCUT2D eigenvalue weighted by atomic mass is 9.96. The van der Waals surface area contributed by atoms with E-state index in [2.05, 4.69) is 5.32 Å². The largest absolute Gasteiger partial charge is 0.465 e. The van der Waals surface area contributed by atoms with Gasteiger partial charge in [-0.05, 0) is 67.3 Å². The van der Waals surface area contributed by atoms with Crippen LogP contribution in [0.1, 0.15) is 30.9 Å². The van der Waals surface area contributed by atoms with Crippen molar-refractivity contribution in [1.29, 1.82) is 0 Å². The van der Waals surface area contributed by atoms with Crippen molar-refractivity contribution in [2.24, 2.45) is 0 Å². The second-order valence-corrected chi connectivity index (χ2v) is 10.5. The van der Waals surface area contributed by atoms with E-state index in [-0.39, 0.29) is 23.2 Å². The standard InChI is InChI=1S/C27H28N2O5S/c1-3-34-26(31)27(17-18-27)21-11-13-22(14-12-21)28-25(30)19-20-9-15-23(16-10-20)29(2)35(32,33)24-7-5-4-6-8-24/h4-16H,3,17-19H2,1-2H3,(H,28,30). The lowest BCUT2D eigenvalue weighted by molar-refractivity contribution is -0.146. The zero-order chi connectivity index (χ0) is 25.1. The van der Waals surface area contributed by atoms with Gasteiger partial charge in [-0.1, -0.05) is 42.5 Å². The summed E-state index contributed by atoms with van der Waals surface area (Å²) >= 11 is 0. The second-order valence-electron chi connectivity index (χ2n) is 8.56. The smallest absolute Gasteiger partial charge is 0.316 e. The fraction of sp³-hybridized carbons (Fsp3) is 0.259. The molecule has 0 spiro atoms. The third kappa shape index (κ3) is 5.22. The number of carbonyl (C=O) groups is 2. The molecule has 0 saturated heterocycles. The summed E-state index contributed by atoms with van der Waals surface area (Å²) < 4.78 is 32.0. The molecule has 1 N–H and O–H groups in total. The van der Waals surface area contributed by atoms with E-state index >= 15 is 0 Å². The zero-order valence-corrected chi connectivity index (χ0v) is 20.5. The highest BCUT2D eigenvalue weighted by molar-refractivity contribution is 7.92. The summed E-state index contributed by atoms with van der Waals surface area (Å²) in [6.45, 7) is 2.15. The minimum Gasteiger partial charge on any atom is -0.465 e. The SMILES string of the molecule is CCOC(=O)C1(c2ccc(NC(=O)Cc3ccc(N(C)S(=O)(=O)c4ccccc4)cc3)cc2)CC1. The molecule has 1 aliphatic carbocycles. The van der Waals surface area contributed by atoms with Gasteiger partial charge in [-0.3, -0.25) is 13.9 Å². The molecule has 8 heteroatoms. The summed E-state index contributed by atoms with van der Waals surface area (Å²) in [5.74, 6) is -0.385. The molecule has 0 heterocycles. The van der Waals surface area contributed by atoms with Gasteiger partial charge in [0, 0.05) is 12.7 Å². The number of sulfonamides is 1. The lowest BCUT2D eigenvalue weighted by Gasteiger charge is -2.19. The first-order valence-corrected chi connectivity index (χ1v) is 12.9. The summed E-state index contributed by atoms with van der Waals surface area (Å²) in [6.07, 6.45) is 1.69. The molecule has 3 aromatic rings. The second kappa shape index (κ2) is 9.92. The highest BCUT2D eigenvalue weighted by Gasteiger charge is 2.52. The lowest BCUT2D eigenvalue weighted by Crippen LogP contribution is -2.26. The van der Waals surface area contributed by atoms with Crippen molar-refractivity contribution in [3.63, 3.8) is 0 Å².